The number of carbonyl (C=O) groups is 1. The van der Waals surface area contributed by atoms with Gasteiger partial charge >= 0.3 is 5.97 Å². The van der Waals surface area contributed by atoms with Gasteiger partial charge in [-0.3, -0.25) is 9.69 Å². The zero-order valence-corrected chi connectivity index (χ0v) is 12.2. The van der Waals surface area contributed by atoms with Gasteiger partial charge in [-0.2, -0.15) is 0 Å². The third-order valence-corrected chi connectivity index (χ3v) is 4.68. The summed E-state index contributed by atoms with van der Waals surface area (Å²) in [4.78, 5) is 15.9. The molecule has 1 N–H and O–H groups in total. The number of aliphatic carboxylic acids is 1. The molecule has 110 valence electrons. The SMILES string of the molecule is CCCN1CCC(N(CC(=O)O)C2CCCC2)CC1. The highest BCUT2D eigenvalue weighted by atomic mass is 16.4. The fourth-order valence-electron chi connectivity index (χ4n) is 3.74. The second kappa shape index (κ2) is 7.25. The summed E-state index contributed by atoms with van der Waals surface area (Å²) in [5, 5.41) is 9.16. The lowest BCUT2D eigenvalue weighted by molar-refractivity contribution is -0.140. The standard InChI is InChI=1S/C15H28N2O2/c1-2-9-16-10-7-14(8-11-16)17(12-15(18)19)13-5-3-4-6-13/h13-14H,2-12H2,1H3,(H,18,19). The first-order valence-corrected chi connectivity index (χ1v) is 7.90. The number of likely N-dealkylation sites (tertiary alicyclic amines) is 1. The van der Waals surface area contributed by atoms with Gasteiger partial charge < -0.3 is 10.0 Å². The van der Waals surface area contributed by atoms with E-state index in [4.69, 9.17) is 5.11 Å². The molecule has 4 heteroatoms. The van der Waals surface area contributed by atoms with Crippen molar-refractivity contribution < 1.29 is 9.90 Å². The van der Waals surface area contributed by atoms with Crippen LogP contribution in [0.1, 0.15) is 51.9 Å². The van der Waals surface area contributed by atoms with Crippen molar-refractivity contribution in [2.45, 2.75) is 64.0 Å². The van der Waals surface area contributed by atoms with E-state index in [0.717, 1.165) is 25.9 Å². The van der Waals surface area contributed by atoms with Crippen LogP contribution in [-0.4, -0.2) is 59.1 Å². The summed E-state index contributed by atoms with van der Waals surface area (Å²) in [6, 6.07) is 1.02. The molecule has 4 nitrogen and oxygen atoms in total. The minimum Gasteiger partial charge on any atom is -0.480 e. The number of hydrogen-bond donors (Lipinski definition) is 1. The van der Waals surface area contributed by atoms with E-state index in [0.29, 0.717) is 12.1 Å². The third-order valence-electron chi connectivity index (χ3n) is 4.68. The molecule has 1 heterocycles. The molecule has 1 saturated carbocycles. The Morgan fingerprint density at radius 3 is 2.26 bits per heavy atom. The number of hydrogen-bond acceptors (Lipinski definition) is 3. The summed E-state index contributed by atoms with van der Waals surface area (Å²) >= 11 is 0. The molecule has 0 radical (unpaired) electrons. The Labute approximate surface area is 116 Å². The van der Waals surface area contributed by atoms with Crippen LogP contribution in [0.15, 0.2) is 0 Å². The van der Waals surface area contributed by atoms with Crippen LogP contribution in [0.4, 0.5) is 0 Å². The zero-order chi connectivity index (χ0) is 13.7. The molecule has 0 amide bonds. The second-order valence-electron chi connectivity index (χ2n) is 6.08. The zero-order valence-electron chi connectivity index (χ0n) is 12.2. The highest BCUT2D eigenvalue weighted by Gasteiger charge is 2.32. The van der Waals surface area contributed by atoms with Gasteiger partial charge in [-0.1, -0.05) is 19.8 Å². The van der Waals surface area contributed by atoms with E-state index in [1.165, 1.54) is 38.6 Å². The summed E-state index contributed by atoms with van der Waals surface area (Å²) in [7, 11) is 0. The molecule has 0 bridgehead atoms. The number of piperidine rings is 1. The number of rotatable bonds is 6. The summed E-state index contributed by atoms with van der Waals surface area (Å²) in [6.07, 6.45) is 8.44. The van der Waals surface area contributed by atoms with E-state index < -0.39 is 5.97 Å². The van der Waals surface area contributed by atoms with E-state index in [9.17, 15) is 4.79 Å². The Morgan fingerprint density at radius 2 is 1.74 bits per heavy atom. The molecule has 2 fully saturated rings. The second-order valence-corrected chi connectivity index (χ2v) is 6.08. The molecule has 1 saturated heterocycles. The van der Waals surface area contributed by atoms with E-state index in [2.05, 4.69) is 16.7 Å². The Kier molecular flexibility index (Phi) is 5.64. The maximum atomic E-state index is 11.1. The molecule has 0 aromatic heterocycles. The molecule has 0 unspecified atom stereocenters. The van der Waals surface area contributed by atoms with Crippen LogP contribution >= 0.6 is 0 Å². The van der Waals surface area contributed by atoms with Crippen molar-refractivity contribution in [3.05, 3.63) is 0 Å². The topological polar surface area (TPSA) is 43.8 Å². The molecular formula is C15H28N2O2. The molecule has 0 spiro atoms. The van der Waals surface area contributed by atoms with Crippen molar-refractivity contribution in [2.75, 3.05) is 26.2 Å². The van der Waals surface area contributed by atoms with Crippen LogP contribution < -0.4 is 0 Å². The molecule has 1 aliphatic carbocycles. The van der Waals surface area contributed by atoms with Crippen molar-refractivity contribution in [3.8, 4) is 0 Å². The molecule has 0 aromatic rings. The van der Waals surface area contributed by atoms with E-state index >= 15 is 0 Å². The lowest BCUT2D eigenvalue weighted by atomic mass is 10.00. The van der Waals surface area contributed by atoms with Crippen LogP contribution in [0.3, 0.4) is 0 Å². The molecule has 2 aliphatic rings. The smallest absolute Gasteiger partial charge is 0.317 e. The van der Waals surface area contributed by atoms with Crippen LogP contribution in [0, 0.1) is 0 Å². The van der Waals surface area contributed by atoms with Gasteiger partial charge in [-0.15, -0.1) is 0 Å². The Balaban J connectivity index is 1.89. The quantitative estimate of drug-likeness (QED) is 0.802. The maximum absolute atomic E-state index is 11.1. The van der Waals surface area contributed by atoms with Crippen molar-refractivity contribution in [1.29, 1.82) is 0 Å². The minimum atomic E-state index is -0.664. The van der Waals surface area contributed by atoms with Crippen molar-refractivity contribution in [3.63, 3.8) is 0 Å². The molecule has 1 aliphatic heterocycles. The first-order chi connectivity index (χ1) is 9.20. The number of carboxylic acid groups (broad SMARTS) is 1. The Hall–Kier alpha value is -0.610. The first kappa shape index (κ1) is 14.8. The van der Waals surface area contributed by atoms with E-state index in [-0.39, 0.29) is 6.54 Å². The first-order valence-electron chi connectivity index (χ1n) is 7.90. The highest BCUT2D eigenvalue weighted by molar-refractivity contribution is 5.69. The van der Waals surface area contributed by atoms with Gasteiger partial charge in [0, 0.05) is 12.1 Å². The number of carboxylic acids is 1. The van der Waals surface area contributed by atoms with Crippen molar-refractivity contribution in [2.24, 2.45) is 0 Å². The Morgan fingerprint density at radius 1 is 1.16 bits per heavy atom. The third kappa shape index (κ3) is 4.18. The fraction of sp³-hybridized carbons (Fsp3) is 0.933. The van der Waals surface area contributed by atoms with Crippen molar-refractivity contribution >= 4 is 5.97 Å². The van der Waals surface area contributed by atoms with Gasteiger partial charge in [-0.05, 0) is 51.7 Å². The summed E-state index contributed by atoms with van der Waals surface area (Å²) in [5.41, 5.74) is 0. The van der Waals surface area contributed by atoms with E-state index in [1.807, 2.05) is 0 Å². The molecule has 19 heavy (non-hydrogen) atoms. The lowest BCUT2D eigenvalue weighted by Crippen LogP contribution is -2.50. The van der Waals surface area contributed by atoms with Gasteiger partial charge in [0.15, 0.2) is 0 Å². The highest BCUT2D eigenvalue weighted by Crippen LogP contribution is 2.28. The average molecular weight is 268 g/mol. The molecule has 0 aromatic carbocycles. The monoisotopic (exact) mass is 268 g/mol. The maximum Gasteiger partial charge on any atom is 0.317 e. The average Bonchev–Trinajstić information content (AvgIpc) is 2.91. The predicted octanol–water partition coefficient (Wildman–Crippen LogP) is 2.19. The van der Waals surface area contributed by atoms with Gasteiger partial charge in [0.25, 0.3) is 0 Å². The number of nitrogens with zero attached hydrogens (tertiary/aromatic N) is 2. The van der Waals surface area contributed by atoms with Crippen LogP contribution in [0.2, 0.25) is 0 Å². The normalized spacial score (nSPS) is 23.3. The minimum absolute atomic E-state index is 0.239. The van der Waals surface area contributed by atoms with Crippen LogP contribution in [0.5, 0.6) is 0 Å². The van der Waals surface area contributed by atoms with Gasteiger partial charge in [0.1, 0.15) is 0 Å². The van der Waals surface area contributed by atoms with Gasteiger partial charge in [0.05, 0.1) is 6.54 Å². The molecule has 0 atom stereocenters. The van der Waals surface area contributed by atoms with Gasteiger partial charge in [-0.25, -0.2) is 0 Å². The largest absolute Gasteiger partial charge is 0.480 e. The van der Waals surface area contributed by atoms with Crippen molar-refractivity contribution in [1.82, 2.24) is 9.80 Å². The molecule has 2 rings (SSSR count). The summed E-state index contributed by atoms with van der Waals surface area (Å²) < 4.78 is 0. The molecular weight excluding hydrogens is 240 g/mol. The lowest BCUT2D eigenvalue weighted by Gasteiger charge is -2.40. The fourth-order valence-corrected chi connectivity index (χ4v) is 3.74. The summed E-state index contributed by atoms with van der Waals surface area (Å²) in [6.45, 7) is 5.93. The van der Waals surface area contributed by atoms with Crippen LogP contribution in [-0.2, 0) is 4.79 Å². The predicted molar refractivity (Wildman–Crippen MR) is 76.4 cm³/mol. The summed E-state index contributed by atoms with van der Waals surface area (Å²) in [5.74, 6) is -0.664. The van der Waals surface area contributed by atoms with E-state index in [1.54, 1.807) is 0 Å². The van der Waals surface area contributed by atoms with Crippen LogP contribution in [0.25, 0.3) is 0 Å². The van der Waals surface area contributed by atoms with Gasteiger partial charge in [0.2, 0.25) is 0 Å². The Bertz CT molecular complexity index is 282.